The largest absolute Gasteiger partial charge is 0.319 e. The van der Waals surface area contributed by atoms with E-state index in [9.17, 15) is 0 Å². The molecule has 2 atom stereocenters. The van der Waals surface area contributed by atoms with E-state index in [4.69, 9.17) is 11.6 Å². The molecule has 0 heterocycles. The predicted octanol–water partition coefficient (Wildman–Crippen LogP) is 3.82. The Morgan fingerprint density at radius 1 is 1.71 bits per heavy atom. The van der Waals surface area contributed by atoms with Crippen molar-refractivity contribution in [2.24, 2.45) is 11.8 Å². The van der Waals surface area contributed by atoms with E-state index in [0.29, 0.717) is 11.8 Å². The Morgan fingerprint density at radius 2 is 2.47 bits per heavy atom. The summed E-state index contributed by atoms with van der Waals surface area (Å²) in [6, 6.07) is 0. The zero-order valence-corrected chi connectivity index (χ0v) is 11.1. The third-order valence-corrected chi connectivity index (χ3v) is 3.23. The Balaban J connectivity index is 2.72. The average molecular weight is 250 g/mol. The summed E-state index contributed by atoms with van der Waals surface area (Å²) >= 11 is 5.94. The Hall–Kier alpha value is -1.05. The number of rotatable bonds is 6. The van der Waals surface area contributed by atoms with Crippen molar-refractivity contribution in [1.29, 1.82) is 0 Å². The molecular weight excluding hydrogens is 230 g/mol. The van der Waals surface area contributed by atoms with Gasteiger partial charge in [0.2, 0.25) is 0 Å². The summed E-state index contributed by atoms with van der Waals surface area (Å²) < 4.78 is 0. The van der Waals surface area contributed by atoms with Crippen LogP contribution in [0.1, 0.15) is 6.42 Å². The fourth-order valence-corrected chi connectivity index (χ4v) is 2.16. The molecule has 2 unspecified atom stereocenters. The molecule has 1 aliphatic carbocycles. The standard InChI is InChI=1S/C15H20ClN/c1-4-5-6-12(2)15(11-17-3)13-7-9-14(16)10-8-13/h4-7,9-10,13,15,17H,1-2,8,11H2,3H3. The lowest BCUT2D eigenvalue weighted by atomic mass is 9.82. The molecule has 0 fully saturated rings. The maximum Gasteiger partial charge on any atom is 0.0363 e. The molecule has 0 aromatic carbocycles. The van der Waals surface area contributed by atoms with Crippen LogP contribution in [0.15, 0.2) is 60.2 Å². The molecule has 0 spiro atoms. The van der Waals surface area contributed by atoms with Crippen molar-refractivity contribution in [2.75, 3.05) is 13.6 Å². The summed E-state index contributed by atoms with van der Waals surface area (Å²) in [6.45, 7) is 8.74. The Bertz CT molecular complexity index is 363. The molecule has 2 heteroatoms. The fraction of sp³-hybridized carbons (Fsp3) is 0.333. The van der Waals surface area contributed by atoms with Gasteiger partial charge < -0.3 is 5.32 Å². The highest BCUT2D eigenvalue weighted by Crippen LogP contribution is 2.29. The topological polar surface area (TPSA) is 12.0 Å². The Kier molecular flexibility index (Phi) is 6.03. The minimum atomic E-state index is 0.397. The lowest BCUT2D eigenvalue weighted by molar-refractivity contribution is 0.443. The van der Waals surface area contributed by atoms with Crippen molar-refractivity contribution in [3.63, 3.8) is 0 Å². The first kappa shape index (κ1) is 14.0. The van der Waals surface area contributed by atoms with Gasteiger partial charge >= 0.3 is 0 Å². The molecule has 1 rings (SSSR count). The molecule has 0 aromatic rings. The summed E-state index contributed by atoms with van der Waals surface area (Å²) in [6.07, 6.45) is 12.9. The molecule has 1 aliphatic rings. The summed E-state index contributed by atoms with van der Waals surface area (Å²) in [4.78, 5) is 0. The Morgan fingerprint density at radius 3 is 3.00 bits per heavy atom. The van der Waals surface area contributed by atoms with E-state index in [2.05, 4.69) is 30.6 Å². The van der Waals surface area contributed by atoms with Gasteiger partial charge in [-0.15, -0.1) is 0 Å². The van der Waals surface area contributed by atoms with Crippen molar-refractivity contribution in [1.82, 2.24) is 5.32 Å². The van der Waals surface area contributed by atoms with Crippen LogP contribution in [0.2, 0.25) is 0 Å². The highest BCUT2D eigenvalue weighted by atomic mass is 35.5. The molecule has 0 radical (unpaired) electrons. The van der Waals surface area contributed by atoms with Gasteiger partial charge in [0.25, 0.3) is 0 Å². The van der Waals surface area contributed by atoms with E-state index in [1.54, 1.807) is 6.08 Å². The molecule has 0 aromatic heterocycles. The van der Waals surface area contributed by atoms with Crippen molar-refractivity contribution in [3.05, 3.63) is 60.2 Å². The maximum absolute atomic E-state index is 5.94. The summed E-state index contributed by atoms with van der Waals surface area (Å²) in [5.41, 5.74) is 1.13. The molecule has 0 saturated carbocycles. The van der Waals surface area contributed by atoms with Crippen LogP contribution in [0.4, 0.5) is 0 Å². The lowest BCUT2D eigenvalue weighted by Gasteiger charge is -2.26. The van der Waals surface area contributed by atoms with Crippen LogP contribution in [0.25, 0.3) is 0 Å². The second-order valence-corrected chi connectivity index (χ2v) is 4.62. The summed E-state index contributed by atoms with van der Waals surface area (Å²) in [7, 11) is 1.97. The average Bonchev–Trinajstić information content (AvgIpc) is 2.34. The van der Waals surface area contributed by atoms with E-state index in [0.717, 1.165) is 23.6 Å². The molecular formula is C15H20ClN. The second-order valence-electron chi connectivity index (χ2n) is 4.18. The zero-order chi connectivity index (χ0) is 12.7. The van der Waals surface area contributed by atoms with Crippen molar-refractivity contribution < 1.29 is 0 Å². The number of hydrogen-bond acceptors (Lipinski definition) is 1. The fourth-order valence-electron chi connectivity index (χ4n) is 2.00. The van der Waals surface area contributed by atoms with Gasteiger partial charge in [-0.1, -0.05) is 60.7 Å². The van der Waals surface area contributed by atoms with Crippen LogP contribution in [-0.2, 0) is 0 Å². The number of halogens is 1. The number of allylic oxidation sites excluding steroid dienone is 7. The highest BCUT2D eigenvalue weighted by Gasteiger charge is 2.21. The van der Waals surface area contributed by atoms with E-state index in [1.807, 2.05) is 25.3 Å². The van der Waals surface area contributed by atoms with Gasteiger partial charge in [0.15, 0.2) is 0 Å². The third-order valence-electron chi connectivity index (χ3n) is 2.95. The quantitative estimate of drug-likeness (QED) is 0.706. The van der Waals surface area contributed by atoms with Crippen LogP contribution < -0.4 is 5.32 Å². The lowest BCUT2D eigenvalue weighted by Crippen LogP contribution is -2.26. The number of hydrogen-bond donors (Lipinski definition) is 1. The molecule has 0 aliphatic heterocycles. The minimum Gasteiger partial charge on any atom is -0.319 e. The zero-order valence-electron chi connectivity index (χ0n) is 10.3. The third kappa shape index (κ3) is 4.37. The van der Waals surface area contributed by atoms with E-state index in [-0.39, 0.29) is 0 Å². The molecule has 92 valence electrons. The second kappa shape index (κ2) is 7.31. The highest BCUT2D eigenvalue weighted by molar-refractivity contribution is 6.31. The van der Waals surface area contributed by atoms with Gasteiger partial charge in [0.1, 0.15) is 0 Å². The van der Waals surface area contributed by atoms with Crippen molar-refractivity contribution >= 4 is 11.6 Å². The molecule has 17 heavy (non-hydrogen) atoms. The predicted molar refractivity (Wildman–Crippen MR) is 77.1 cm³/mol. The molecule has 0 amide bonds. The van der Waals surface area contributed by atoms with Crippen molar-refractivity contribution in [3.8, 4) is 0 Å². The van der Waals surface area contributed by atoms with Crippen LogP contribution in [0, 0.1) is 11.8 Å². The number of nitrogens with one attached hydrogen (secondary N) is 1. The first-order valence-corrected chi connectivity index (χ1v) is 6.23. The van der Waals surface area contributed by atoms with Crippen molar-refractivity contribution in [2.45, 2.75) is 6.42 Å². The van der Waals surface area contributed by atoms with Crippen LogP contribution >= 0.6 is 11.6 Å². The van der Waals surface area contributed by atoms with Gasteiger partial charge in [-0.25, -0.2) is 0 Å². The molecule has 0 saturated heterocycles. The van der Waals surface area contributed by atoms with Gasteiger partial charge in [0.05, 0.1) is 0 Å². The first-order chi connectivity index (χ1) is 8.19. The maximum atomic E-state index is 5.94. The van der Waals surface area contributed by atoms with Crippen LogP contribution in [-0.4, -0.2) is 13.6 Å². The first-order valence-electron chi connectivity index (χ1n) is 5.85. The van der Waals surface area contributed by atoms with Gasteiger partial charge in [-0.3, -0.25) is 0 Å². The smallest absolute Gasteiger partial charge is 0.0363 e. The molecule has 0 bridgehead atoms. The molecule has 1 N–H and O–H groups in total. The minimum absolute atomic E-state index is 0.397. The SMILES string of the molecule is C=CC=CC(=C)C(CNC)C1C=CC(Cl)=CC1. The van der Waals surface area contributed by atoms with Gasteiger partial charge in [-0.05, 0) is 25.5 Å². The van der Waals surface area contributed by atoms with E-state index < -0.39 is 0 Å². The van der Waals surface area contributed by atoms with Gasteiger partial charge in [-0.2, -0.15) is 0 Å². The van der Waals surface area contributed by atoms with Crippen LogP contribution in [0.3, 0.4) is 0 Å². The van der Waals surface area contributed by atoms with E-state index in [1.165, 1.54) is 0 Å². The normalized spacial score (nSPS) is 21.3. The summed E-state index contributed by atoms with van der Waals surface area (Å²) in [5, 5.41) is 4.06. The van der Waals surface area contributed by atoms with E-state index >= 15 is 0 Å². The monoisotopic (exact) mass is 249 g/mol. The van der Waals surface area contributed by atoms with Crippen LogP contribution in [0.5, 0.6) is 0 Å². The molecule has 1 nitrogen and oxygen atoms in total. The summed E-state index contributed by atoms with van der Waals surface area (Å²) in [5.74, 6) is 0.861. The Labute approximate surface area is 109 Å². The van der Waals surface area contributed by atoms with Gasteiger partial charge in [0, 0.05) is 17.5 Å².